The Bertz CT molecular complexity index is 704. The van der Waals surface area contributed by atoms with E-state index >= 15 is 0 Å². The van der Waals surface area contributed by atoms with Crippen molar-refractivity contribution in [2.45, 2.75) is 32.9 Å². The zero-order valence-corrected chi connectivity index (χ0v) is 13.8. The van der Waals surface area contributed by atoms with E-state index in [9.17, 15) is 9.59 Å². The predicted molar refractivity (Wildman–Crippen MR) is 85.9 cm³/mol. The van der Waals surface area contributed by atoms with E-state index in [2.05, 4.69) is 15.4 Å². The van der Waals surface area contributed by atoms with Gasteiger partial charge in [-0.3, -0.25) is 19.7 Å². The largest absolute Gasteiger partial charge is 0.298 e. The molecule has 0 aromatic carbocycles. The van der Waals surface area contributed by atoms with E-state index in [1.54, 1.807) is 17.7 Å². The number of nitrogens with one attached hydrogen (secondary N) is 1. The highest BCUT2D eigenvalue weighted by Gasteiger charge is 2.12. The van der Waals surface area contributed by atoms with E-state index in [1.807, 2.05) is 26.8 Å². The maximum Gasteiger partial charge on any atom is 0.249 e. The Morgan fingerprint density at radius 2 is 1.86 bits per heavy atom. The second-order valence-electron chi connectivity index (χ2n) is 5.04. The fourth-order valence-corrected chi connectivity index (χ4v) is 2.87. The lowest BCUT2D eigenvalue weighted by molar-refractivity contribution is -0.114. The van der Waals surface area contributed by atoms with Crippen LogP contribution in [0.4, 0.5) is 0 Å². The van der Waals surface area contributed by atoms with Crippen molar-refractivity contribution in [1.82, 2.24) is 14.6 Å². The SMILES string of the molecule is Cc1cc(C)nc(SCC(=O)Nn2c(C)cc(C=O)c2C)n1. The average Bonchev–Trinajstić information content (AvgIpc) is 2.71. The number of hydrogen-bond acceptors (Lipinski definition) is 5. The van der Waals surface area contributed by atoms with Crippen molar-refractivity contribution in [1.29, 1.82) is 0 Å². The minimum Gasteiger partial charge on any atom is -0.298 e. The van der Waals surface area contributed by atoms with Gasteiger partial charge in [-0.2, -0.15) is 0 Å². The average molecular weight is 318 g/mol. The summed E-state index contributed by atoms with van der Waals surface area (Å²) in [4.78, 5) is 31.5. The molecule has 2 rings (SSSR count). The molecule has 2 heterocycles. The van der Waals surface area contributed by atoms with Gasteiger partial charge in [0.2, 0.25) is 5.91 Å². The van der Waals surface area contributed by atoms with Gasteiger partial charge in [0.1, 0.15) is 0 Å². The molecule has 0 fully saturated rings. The molecule has 0 unspecified atom stereocenters. The van der Waals surface area contributed by atoms with E-state index in [4.69, 9.17) is 0 Å². The molecule has 0 saturated heterocycles. The van der Waals surface area contributed by atoms with Crippen molar-refractivity contribution < 1.29 is 9.59 Å². The van der Waals surface area contributed by atoms with Crippen LogP contribution < -0.4 is 5.43 Å². The molecule has 22 heavy (non-hydrogen) atoms. The number of thioether (sulfide) groups is 1. The van der Waals surface area contributed by atoms with Crippen molar-refractivity contribution in [2.24, 2.45) is 0 Å². The lowest BCUT2D eigenvalue weighted by Gasteiger charge is -2.11. The third-order valence-corrected chi connectivity index (χ3v) is 3.98. The molecule has 2 aromatic rings. The lowest BCUT2D eigenvalue weighted by Crippen LogP contribution is -2.26. The summed E-state index contributed by atoms with van der Waals surface area (Å²) in [5, 5.41) is 0.585. The van der Waals surface area contributed by atoms with Crippen LogP contribution in [0.25, 0.3) is 0 Å². The van der Waals surface area contributed by atoms with Crippen LogP contribution >= 0.6 is 11.8 Å². The smallest absolute Gasteiger partial charge is 0.249 e. The lowest BCUT2D eigenvalue weighted by atomic mass is 10.3. The minimum absolute atomic E-state index is 0.174. The van der Waals surface area contributed by atoms with Crippen molar-refractivity contribution >= 4 is 24.0 Å². The Hall–Kier alpha value is -2.15. The first-order valence-corrected chi connectivity index (χ1v) is 7.78. The van der Waals surface area contributed by atoms with Crippen LogP contribution in [0.2, 0.25) is 0 Å². The molecular formula is C15H18N4O2S. The van der Waals surface area contributed by atoms with E-state index in [1.165, 1.54) is 11.8 Å². The van der Waals surface area contributed by atoms with Gasteiger partial charge in [-0.05, 0) is 39.8 Å². The first-order valence-electron chi connectivity index (χ1n) is 6.79. The molecule has 2 aromatic heterocycles. The van der Waals surface area contributed by atoms with Crippen LogP contribution in [0.15, 0.2) is 17.3 Å². The molecule has 0 saturated carbocycles. The number of aromatic nitrogens is 3. The van der Waals surface area contributed by atoms with E-state index in [0.717, 1.165) is 23.4 Å². The third kappa shape index (κ3) is 3.73. The Kier molecular flexibility index (Phi) is 4.97. The molecule has 1 N–H and O–H groups in total. The summed E-state index contributed by atoms with van der Waals surface area (Å²) >= 11 is 1.28. The van der Waals surface area contributed by atoms with Crippen LogP contribution in [0.5, 0.6) is 0 Å². The van der Waals surface area contributed by atoms with Gasteiger partial charge in [-0.1, -0.05) is 11.8 Å². The standard InChI is InChI=1S/C15H18N4O2S/c1-9-5-10(2)17-15(16-9)22-8-14(21)18-19-11(3)6-13(7-20)12(19)4/h5-7H,8H2,1-4H3,(H,18,21). The highest BCUT2D eigenvalue weighted by molar-refractivity contribution is 7.99. The molecule has 0 atom stereocenters. The number of amides is 1. The second-order valence-corrected chi connectivity index (χ2v) is 5.98. The number of carbonyl (C=O) groups excluding carboxylic acids is 2. The molecule has 116 valence electrons. The van der Waals surface area contributed by atoms with E-state index in [-0.39, 0.29) is 11.7 Å². The van der Waals surface area contributed by atoms with Crippen LogP contribution in [0.3, 0.4) is 0 Å². The number of carbonyl (C=O) groups is 2. The maximum atomic E-state index is 12.1. The molecule has 0 bridgehead atoms. The summed E-state index contributed by atoms with van der Waals surface area (Å²) < 4.78 is 1.62. The highest BCUT2D eigenvalue weighted by atomic mass is 32.2. The summed E-state index contributed by atoms with van der Waals surface area (Å²) in [6, 6.07) is 3.63. The zero-order chi connectivity index (χ0) is 16.3. The minimum atomic E-state index is -0.174. The monoisotopic (exact) mass is 318 g/mol. The number of aldehydes is 1. The molecule has 0 spiro atoms. The Balaban J connectivity index is 2.01. The van der Waals surface area contributed by atoms with Gasteiger partial charge < -0.3 is 0 Å². The van der Waals surface area contributed by atoms with Crippen molar-refractivity contribution in [3.8, 4) is 0 Å². The highest BCUT2D eigenvalue weighted by Crippen LogP contribution is 2.15. The molecule has 6 nitrogen and oxygen atoms in total. The van der Waals surface area contributed by atoms with Crippen LogP contribution in [-0.2, 0) is 4.79 Å². The summed E-state index contributed by atoms with van der Waals surface area (Å²) in [5.74, 6) is 0.0307. The fourth-order valence-electron chi connectivity index (χ4n) is 2.12. The second kappa shape index (κ2) is 6.74. The molecule has 0 aliphatic rings. The van der Waals surface area contributed by atoms with Crippen LogP contribution in [0, 0.1) is 27.7 Å². The number of hydrogen-bond donors (Lipinski definition) is 1. The Morgan fingerprint density at radius 3 is 2.41 bits per heavy atom. The van der Waals surface area contributed by atoms with Gasteiger partial charge in [0.25, 0.3) is 0 Å². The van der Waals surface area contributed by atoms with Gasteiger partial charge in [-0.15, -0.1) is 0 Å². The molecular weight excluding hydrogens is 300 g/mol. The maximum absolute atomic E-state index is 12.1. The van der Waals surface area contributed by atoms with E-state index in [0.29, 0.717) is 16.4 Å². The summed E-state index contributed by atoms with van der Waals surface area (Å²) in [5.41, 5.74) is 6.63. The zero-order valence-electron chi connectivity index (χ0n) is 13.0. The molecule has 1 amide bonds. The van der Waals surface area contributed by atoms with Gasteiger partial charge >= 0.3 is 0 Å². The van der Waals surface area contributed by atoms with Crippen molar-refractivity contribution in [3.63, 3.8) is 0 Å². The summed E-state index contributed by atoms with van der Waals surface area (Å²) in [6.07, 6.45) is 0.781. The normalized spacial score (nSPS) is 10.5. The number of rotatable bonds is 5. The Labute approximate surface area is 133 Å². The number of nitrogens with zero attached hydrogens (tertiary/aromatic N) is 3. The summed E-state index contributed by atoms with van der Waals surface area (Å²) in [6.45, 7) is 7.41. The third-order valence-electron chi connectivity index (χ3n) is 3.13. The molecule has 0 aliphatic heterocycles. The van der Waals surface area contributed by atoms with Crippen molar-refractivity contribution in [3.05, 3.63) is 40.5 Å². The van der Waals surface area contributed by atoms with Gasteiger partial charge in [0.15, 0.2) is 11.4 Å². The molecule has 7 heteroatoms. The van der Waals surface area contributed by atoms with Gasteiger partial charge in [0, 0.05) is 28.3 Å². The van der Waals surface area contributed by atoms with E-state index < -0.39 is 0 Å². The van der Waals surface area contributed by atoms with Crippen LogP contribution in [0.1, 0.15) is 33.1 Å². The molecule has 0 radical (unpaired) electrons. The topological polar surface area (TPSA) is 76.9 Å². The van der Waals surface area contributed by atoms with Gasteiger partial charge in [-0.25, -0.2) is 9.97 Å². The Morgan fingerprint density at radius 1 is 1.23 bits per heavy atom. The van der Waals surface area contributed by atoms with Crippen LogP contribution in [-0.4, -0.2) is 32.6 Å². The summed E-state index contributed by atoms with van der Waals surface area (Å²) in [7, 11) is 0. The first kappa shape index (κ1) is 16.2. The predicted octanol–water partition coefficient (Wildman–Crippen LogP) is 2.19. The molecule has 0 aliphatic carbocycles. The quantitative estimate of drug-likeness (QED) is 0.519. The number of aryl methyl sites for hydroxylation is 3. The fraction of sp³-hybridized carbons (Fsp3) is 0.333. The first-order chi connectivity index (χ1) is 10.4. The van der Waals surface area contributed by atoms with Gasteiger partial charge in [0.05, 0.1) is 5.75 Å². The van der Waals surface area contributed by atoms with Crippen molar-refractivity contribution in [2.75, 3.05) is 11.2 Å².